The van der Waals surface area contributed by atoms with E-state index in [1.807, 2.05) is 6.92 Å². The Hall–Kier alpha value is -0.760. The van der Waals surface area contributed by atoms with Gasteiger partial charge >= 0.3 is 0 Å². The number of halogens is 1. The van der Waals surface area contributed by atoms with Crippen molar-refractivity contribution < 1.29 is 4.74 Å². The average Bonchev–Trinajstić information content (AvgIpc) is 2.57. The van der Waals surface area contributed by atoms with Crippen LogP contribution in [0, 0.1) is 13.8 Å². The highest BCUT2D eigenvalue weighted by Gasteiger charge is 2.17. The van der Waals surface area contributed by atoms with Crippen LogP contribution >= 0.6 is 11.6 Å². The molecule has 1 aliphatic carbocycles. The van der Waals surface area contributed by atoms with Crippen molar-refractivity contribution in [2.45, 2.75) is 64.4 Å². The van der Waals surface area contributed by atoms with Gasteiger partial charge in [-0.1, -0.05) is 12.8 Å². The van der Waals surface area contributed by atoms with E-state index in [-0.39, 0.29) is 0 Å². The van der Waals surface area contributed by atoms with Crippen LogP contribution < -0.4 is 4.74 Å². The molecule has 0 aliphatic heterocycles. The first-order valence-electron chi connectivity index (χ1n) is 6.90. The van der Waals surface area contributed by atoms with Gasteiger partial charge in [0.1, 0.15) is 6.10 Å². The zero-order chi connectivity index (χ0) is 13.0. The van der Waals surface area contributed by atoms with Crippen molar-refractivity contribution in [1.82, 2.24) is 4.98 Å². The van der Waals surface area contributed by atoms with E-state index in [1.54, 1.807) is 0 Å². The summed E-state index contributed by atoms with van der Waals surface area (Å²) >= 11 is 6.02. The fourth-order valence-electron chi connectivity index (χ4n) is 2.61. The Morgan fingerprint density at radius 2 is 1.89 bits per heavy atom. The number of nitrogens with zero attached hydrogens (tertiary/aromatic N) is 1. The van der Waals surface area contributed by atoms with Gasteiger partial charge in [-0.3, -0.25) is 0 Å². The van der Waals surface area contributed by atoms with E-state index in [0.717, 1.165) is 30.0 Å². The summed E-state index contributed by atoms with van der Waals surface area (Å²) in [6, 6.07) is 2.07. The molecule has 0 unspecified atom stereocenters. The molecule has 0 atom stereocenters. The fourth-order valence-corrected chi connectivity index (χ4v) is 2.93. The molecule has 0 N–H and O–H groups in total. The third kappa shape index (κ3) is 3.38. The van der Waals surface area contributed by atoms with E-state index in [0.29, 0.717) is 12.0 Å². The van der Waals surface area contributed by atoms with E-state index >= 15 is 0 Å². The van der Waals surface area contributed by atoms with Gasteiger partial charge in [-0.15, -0.1) is 11.6 Å². The normalized spacial score (nSPS) is 17.5. The van der Waals surface area contributed by atoms with Crippen LogP contribution in [-0.4, -0.2) is 11.1 Å². The molecule has 0 spiro atoms. The van der Waals surface area contributed by atoms with Crippen LogP contribution in [-0.2, 0) is 5.88 Å². The molecule has 1 aliphatic rings. The molecule has 100 valence electrons. The SMILES string of the molecule is Cc1cc(C)c(CCl)c(OC2CCCCCC2)n1. The quantitative estimate of drug-likeness (QED) is 0.593. The Bertz CT molecular complexity index is 398. The summed E-state index contributed by atoms with van der Waals surface area (Å²) in [5, 5.41) is 0. The molecule has 1 saturated carbocycles. The minimum absolute atomic E-state index is 0.322. The molecule has 3 heteroatoms. The van der Waals surface area contributed by atoms with Crippen molar-refractivity contribution in [3.05, 3.63) is 22.9 Å². The summed E-state index contributed by atoms with van der Waals surface area (Å²) in [5.41, 5.74) is 3.23. The summed E-state index contributed by atoms with van der Waals surface area (Å²) in [4.78, 5) is 4.52. The Morgan fingerprint density at radius 3 is 2.50 bits per heavy atom. The lowest BCUT2D eigenvalue weighted by Crippen LogP contribution is -2.17. The lowest BCUT2D eigenvalue weighted by Gasteiger charge is -2.19. The van der Waals surface area contributed by atoms with Gasteiger partial charge in [0.2, 0.25) is 5.88 Å². The lowest BCUT2D eigenvalue weighted by atomic mass is 10.1. The van der Waals surface area contributed by atoms with Crippen molar-refractivity contribution in [2.24, 2.45) is 0 Å². The van der Waals surface area contributed by atoms with Crippen molar-refractivity contribution in [3.63, 3.8) is 0 Å². The fraction of sp³-hybridized carbons (Fsp3) is 0.667. The van der Waals surface area contributed by atoms with Gasteiger partial charge in [-0.05, 0) is 51.2 Å². The second kappa shape index (κ2) is 6.42. The molecule has 0 amide bonds. The van der Waals surface area contributed by atoms with Gasteiger partial charge < -0.3 is 4.74 Å². The number of hydrogen-bond donors (Lipinski definition) is 0. The number of pyridine rings is 1. The molecule has 1 fully saturated rings. The van der Waals surface area contributed by atoms with Crippen LogP contribution in [0.1, 0.15) is 55.3 Å². The topological polar surface area (TPSA) is 22.1 Å². The smallest absolute Gasteiger partial charge is 0.218 e. The standard InChI is InChI=1S/C15H22ClNO/c1-11-9-12(2)17-15(14(11)10-16)18-13-7-5-3-4-6-8-13/h9,13H,3-8,10H2,1-2H3. The molecule has 18 heavy (non-hydrogen) atoms. The second-order valence-electron chi connectivity index (χ2n) is 5.23. The monoisotopic (exact) mass is 267 g/mol. The highest BCUT2D eigenvalue weighted by molar-refractivity contribution is 6.17. The lowest BCUT2D eigenvalue weighted by molar-refractivity contribution is 0.174. The first kappa shape index (κ1) is 13.7. The maximum Gasteiger partial charge on any atom is 0.218 e. The molecule has 0 saturated heterocycles. The zero-order valence-corrected chi connectivity index (χ0v) is 12.1. The molecular weight excluding hydrogens is 246 g/mol. The Morgan fingerprint density at radius 1 is 1.22 bits per heavy atom. The van der Waals surface area contributed by atoms with Gasteiger partial charge in [0.15, 0.2) is 0 Å². The summed E-state index contributed by atoms with van der Waals surface area (Å²) in [6.45, 7) is 4.08. The van der Waals surface area contributed by atoms with E-state index < -0.39 is 0 Å². The highest BCUT2D eigenvalue weighted by atomic mass is 35.5. The predicted octanol–water partition coefficient (Wildman–Crippen LogP) is 4.54. The molecule has 0 bridgehead atoms. The van der Waals surface area contributed by atoms with Crippen LogP contribution in [0.2, 0.25) is 0 Å². The van der Waals surface area contributed by atoms with Crippen LogP contribution in [0.5, 0.6) is 5.88 Å². The average molecular weight is 268 g/mol. The highest BCUT2D eigenvalue weighted by Crippen LogP contribution is 2.27. The third-order valence-corrected chi connectivity index (χ3v) is 3.92. The van der Waals surface area contributed by atoms with Gasteiger partial charge in [0.05, 0.1) is 5.88 Å². The van der Waals surface area contributed by atoms with Crippen LogP contribution in [0.15, 0.2) is 6.07 Å². The van der Waals surface area contributed by atoms with E-state index in [4.69, 9.17) is 16.3 Å². The minimum atomic E-state index is 0.322. The summed E-state index contributed by atoms with van der Waals surface area (Å²) in [6.07, 6.45) is 7.83. The maximum atomic E-state index is 6.12. The summed E-state index contributed by atoms with van der Waals surface area (Å²) in [5.74, 6) is 1.23. The molecule has 2 rings (SSSR count). The van der Waals surface area contributed by atoms with Gasteiger partial charge in [-0.25, -0.2) is 4.98 Å². The largest absolute Gasteiger partial charge is 0.474 e. The Balaban J connectivity index is 2.16. The molecule has 0 radical (unpaired) electrons. The number of alkyl halides is 1. The van der Waals surface area contributed by atoms with Crippen molar-refractivity contribution in [1.29, 1.82) is 0 Å². The molecular formula is C15H22ClNO. The molecule has 2 nitrogen and oxygen atoms in total. The van der Waals surface area contributed by atoms with Crippen LogP contribution in [0.25, 0.3) is 0 Å². The zero-order valence-electron chi connectivity index (χ0n) is 11.3. The Kier molecular flexibility index (Phi) is 4.87. The third-order valence-electron chi connectivity index (χ3n) is 3.65. The number of ether oxygens (including phenoxy) is 1. The van der Waals surface area contributed by atoms with Gasteiger partial charge in [-0.2, -0.15) is 0 Å². The number of aromatic nitrogens is 1. The molecule has 1 aromatic rings. The number of hydrogen-bond acceptors (Lipinski definition) is 2. The maximum absolute atomic E-state index is 6.12. The molecule has 1 heterocycles. The van der Waals surface area contributed by atoms with E-state index in [2.05, 4.69) is 18.0 Å². The second-order valence-corrected chi connectivity index (χ2v) is 5.50. The van der Waals surface area contributed by atoms with Crippen LogP contribution in [0.3, 0.4) is 0 Å². The minimum Gasteiger partial charge on any atom is -0.474 e. The first-order chi connectivity index (χ1) is 8.70. The van der Waals surface area contributed by atoms with Crippen LogP contribution in [0.4, 0.5) is 0 Å². The predicted molar refractivity (Wildman–Crippen MR) is 75.4 cm³/mol. The summed E-state index contributed by atoms with van der Waals surface area (Å²) < 4.78 is 6.12. The van der Waals surface area contributed by atoms with Gasteiger partial charge in [0.25, 0.3) is 0 Å². The molecule has 0 aromatic carbocycles. The van der Waals surface area contributed by atoms with Gasteiger partial charge in [0, 0.05) is 11.3 Å². The number of aryl methyl sites for hydroxylation is 2. The van der Waals surface area contributed by atoms with Crippen molar-refractivity contribution in [3.8, 4) is 5.88 Å². The van der Waals surface area contributed by atoms with E-state index in [1.165, 1.54) is 31.2 Å². The van der Waals surface area contributed by atoms with E-state index in [9.17, 15) is 0 Å². The number of rotatable bonds is 3. The Labute approximate surface area is 115 Å². The summed E-state index contributed by atoms with van der Waals surface area (Å²) in [7, 11) is 0. The van der Waals surface area contributed by atoms with Crippen molar-refractivity contribution in [2.75, 3.05) is 0 Å². The molecule has 1 aromatic heterocycles. The first-order valence-corrected chi connectivity index (χ1v) is 7.44. The van der Waals surface area contributed by atoms with Crippen molar-refractivity contribution >= 4 is 11.6 Å².